The molecule has 0 aliphatic heterocycles. The third kappa shape index (κ3) is 4.78. The van der Waals surface area contributed by atoms with E-state index >= 15 is 4.39 Å². The second kappa shape index (κ2) is 10.1. The molecule has 0 aliphatic carbocycles. The lowest BCUT2D eigenvalue weighted by molar-refractivity contribution is 0.634. The predicted molar refractivity (Wildman–Crippen MR) is 134 cm³/mol. The Morgan fingerprint density at radius 2 is 1.62 bits per heavy atom. The van der Waals surface area contributed by atoms with Crippen molar-refractivity contribution in [1.29, 1.82) is 0 Å². The number of aromatic nitrogens is 1. The van der Waals surface area contributed by atoms with Crippen LogP contribution in [0.2, 0.25) is 0 Å². The molecule has 4 aromatic rings. The Labute approximate surface area is 191 Å². The van der Waals surface area contributed by atoms with Gasteiger partial charge in [-0.1, -0.05) is 73.5 Å². The zero-order chi connectivity index (χ0) is 22.5. The van der Waals surface area contributed by atoms with Crippen LogP contribution < -0.4 is 5.32 Å². The summed E-state index contributed by atoms with van der Waals surface area (Å²) in [5.74, 6) is -0.132. The highest BCUT2D eigenvalue weighted by atomic mass is 19.1. The van der Waals surface area contributed by atoms with Crippen LogP contribution in [-0.2, 0) is 13.0 Å². The zero-order valence-corrected chi connectivity index (χ0v) is 19.4. The van der Waals surface area contributed by atoms with Gasteiger partial charge in [-0.05, 0) is 68.6 Å². The van der Waals surface area contributed by atoms with E-state index in [0.717, 1.165) is 41.7 Å². The van der Waals surface area contributed by atoms with Crippen LogP contribution in [0.1, 0.15) is 42.0 Å². The Balaban J connectivity index is 1.64. The van der Waals surface area contributed by atoms with E-state index in [1.54, 1.807) is 0 Å². The van der Waals surface area contributed by atoms with Crippen LogP contribution in [0, 0.1) is 19.7 Å². The summed E-state index contributed by atoms with van der Waals surface area (Å²) in [5.41, 5.74) is 7.23. The Hall–Kier alpha value is -2.91. The van der Waals surface area contributed by atoms with Crippen molar-refractivity contribution in [3.8, 4) is 11.3 Å². The number of hydrogen-bond acceptors (Lipinski definition) is 1. The normalized spacial score (nSPS) is 11.4. The van der Waals surface area contributed by atoms with E-state index in [9.17, 15) is 0 Å². The maximum absolute atomic E-state index is 15.7. The predicted octanol–water partition coefficient (Wildman–Crippen LogP) is 7.04. The first-order valence-electron chi connectivity index (χ1n) is 11.7. The largest absolute Gasteiger partial charge is 0.334 e. The van der Waals surface area contributed by atoms with E-state index in [1.165, 1.54) is 24.0 Å². The van der Waals surface area contributed by atoms with Gasteiger partial charge in [0.2, 0.25) is 0 Å². The van der Waals surface area contributed by atoms with Crippen molar-refractivity contribution in [2.24, 2.45) is 0 Å². The lowest BCUT2D eigenvalue weighted by Crippen LogP contribution is -2.18. The average Bonchev–Trinajstić information content (AvgIpc) is 3.06. The number of benzene rings is 3. The summed E-state index contributed by atoms with van der Waals surface area (Å²) in [6, 6.07) is 22.9. The molecule has 3 aromatic carbocycles. The van der Waals surface area contributed by atoms with Crippen molar-refractivity contribution < 1.29 is 4.39 Å². The highest BCUT2D eigenvalue weighted by Crippen LogP contribution is 2.35. The molecule has 166 valence electrons. The fourth-order valence-corrected chi connectivity index (χ4v) is 4.35. The molecule has 0 radical (unpaired) electrons. The highest BCUT2D eigenvalue weighted by Gasteiger charge is 2.20. The van der Waals surface area contributed by atoms with Crippen molar-refractivity contribution >= 4 is 10.9 Å². The summed E-state index contributed by atoms with van der Waals surface area (Å²) >= 11 is 0. The number of halogens is 1. The summed E-state index contributed by atoms with van der Waals surface area (Å²) in [6.07, 6.45) is 3.47. The number of hydrogen-bond donors (Lipinski definition) is 1. The molecule has 0 spiro atoms. The van der Waals surface area contributed by atoms with Crippen molar-refractivity contribution in [3.63, 3.8) is 0 Å². The molecule has 0 bridgehead atoms. The zero-order valence-electron chi connectivity index (χ0n) is 19.4. The first kappa shape index (κ1) is 22.3. The molecular weight excluding hydrogens is 395 g/mol. The molecule has 1 aromatic heterocycles. The van der Waals surface area contributed by atoms with E-state index in [1.807, 2.05) is 50.2 Å². The van der Waals surface area contributed by atoms with Crippen LogP contribution in [0.25, 0.3) is 22.2 Å². The lowest BCUT2D eigenvalue weighted by Gasteiger charge is -2.14. The summed E-state index contributed by atoms with van der Waals surface area (Å²) in [7, 11) is 0. The standard InChI is InChI=1S/C29H33FN2/c1-4-5-17-31-18-16-23-11-13-24(14-12-23)20-32-27-15-10-21(2)19-26(27)28(30)29(32)25-9-7-6-8-22(25)3/h6-15,19,31H,4-5,16-18,20H2,1-3H3. The molecule has 0 saturated carbocycles. The number of nitrogens with one attached hydrogen (secondary N) is 1. The summed E-state index contributed by atoms with van der Waals surface area (Å²) < 4.78 is 17.8. The smallest absolute Gasteiger partial charge is 0.156 e. The summed E-state index contributed by atoms with van der Waals surface area (Å²) in [4.78, 5) is 0. The van der Waals surface area contributed by atoms with Crippen LogP contribution in [-0.4, -0.2) is 17.7 Å². The molecule has 0 atom stereocenters. The fourth-order valence-electron chi connectivity index (χ4n) is 4.35. The van der Waals surface area contributed by atoms with Crippen LogP contribution in [0.5, 0.6) is 0 Å². The minimum Gasteiger partial charge on any atom is -0.334 e. The third-order valence-electron chi connectivity index (χ3n) is 6.22. The van der Waals surface area contributed by atoms with E-state index in [2.05, 4.69) is 47.1 Å². The van der Waals surface area contributed by atoms with Gasteiger partial charge in [0.1, 0.15) is 0 Å². The van der Waals surface area contributed by atoms with Crippen LogP contribution in [0.3, 0.4) is 0 Å². The van der Waals surface area contributed by atoms with Gasteiger partial charge in [0.25, 0.3) is 0 Å². The molecule has 0 saturated heterocycles. The van der Waals surface area contributed by atoms with Gasteiger partial charge in [0.15, 0.2) is 5.82 Å². The molecule has 1 N–H and O–H groups in total. The quantitative estimate of drug-likeness (QED) is 0.283. The van der Waals surface area contributed by atoms with Gasteiger partial charge in [-0.15, -0.1) is 0 Å². The second-order valence-electron chi connectivity index (χ2n) is 8.75. The van der Waals surface area contributed by atoms with Crippen LogP contribution >= 0.6 is 0 Å². The van der Waals surface area contributed by atoms with Crippen LogP contribution in [0.4, 0.5) is 4.39 Å². The summed E-state index contributed by atoms with van der Waals surface area (Å²) in [6.45, 7) is 9.00. The molecule has 3 heteroatoms. The maximum atomic E-state index is 15.7. The van der Waals surface area contributed by atoms with E-state index in [-0.39, 0.29) is 5.82 Å². The second-order valence-corrected chi connectivity index (χ2v) is 8.75. The van der Waals surface area contributed by atoms with Gasteiger partial charge >= 0.3 is 0 Å². The Morgan fingerprint density at radius 3 is 2.38 bits per heavy atom. The molecule has 1 heterocycles. The number of unbranched alkanes of at least 4 members (excludes halogenated alkanes) is 1. The van der Waals surface area contributed by atoms with Crippen molar-refractivity contribution in [2.45, 2.75) is 46.6 Å². The van der Waals surface area contributed by atoms with Gasteiger partial charge in [-0.25, -0.2) is 4.39 Å². The molecular formula is C29H33FN2. The Bertz CT molecular complexity index is 1190. The molecule has 0 amide bonds. The minimum absolute atomic E-state index is 0.132. The van der Waals surface area contributed by atoms with E-state index < -0.39 is 0 Å². The molecule has 32 heavy (non-hydrogen) atoms. The SMILES string of the molecule is CCCCNCCc1ccc(Cn2c(-c3ccccc3C)c(F)c3cc(C)ccc32)cc1. The minimum atomic E-state index is -0.132. The molecule has 4 rings (SSSR count). The summed E-state index contributed by atoms with van der Waals surface area (Å²) in [5, 5.41) is 4.19. The fraction of sp³-hybridized carbons (Fsp3) is 0.310. The number of aryl methyl sites for hydroxylation is 2. The number of fused-ring (bicyclic) bond motifs is 1. The van der Waals surface area contributed by atoms with Gasteiger partial charge in [0, 0.05) is 17.5 Å². The van der Waals surface area contributed by atoms with Crippen molar-refractivity contribution in [3.05, 3.63) is 94.8 Å². The maximum Gasteiger partial charge on any atom is 0.156 e. The topological polar surface area (TPSA) is 17.0 Å². The number of rotatable bonds is 9. The molecule has 2 nitrogen and oxygen atoms in total. The molecule has 0 fully saturated rings. The average molecular weight is 429 g/mol. The van der Waals surface area contributed by atoms with Crippen molar-refractivity contribution in [1.82, 2.24) is 9.88 Å². The Kier molecular flexibility index (Phi) is 7.06. The van der Waals surface area contributed by atoms with E-state index in [4.69, 9.17) is 0 Å². The van der Waals surface area contributed by atoms with Gasteiger partial charge < -0.3 is 9.88 Å². The van der Waals surface area contributed by atoms with Crippen LogP contribution in [0.15, 0.2) is 66.7 Å². The van der Waals surface area contributed by atoms with Gasteiger partial charge in [-0.2, -0.15) is 0 Å². The highest BCUT2D eigenvalue weighted by molar-refractivity contribution is 5.89. The van der Waals surface area contributed by atoms with Gasteiger partial charge in [0.05, 0.1) is 11.2 Å². The van der Waals surface area contributed by atoms with E-state index in [0.29, 0.717) is 17.6 Å². The first-order chi connectivity index (χ1) is 15.6. The lowest BCUT2D eigenvalue weighted by atomic mass is 10.0. The number of nitrogens with zero attached hydrogens (tertiary/aromatic N) is 1. The third-order valence-corrected chi connectivity index (χ3v) is 6.22. The van der Waals surface area contributed by atoms with Gasteiger partial charge in [-0.3, -0.25) is 0 Å². The Morgan fingerprint density at radius 1 is 0.875 bits per heavy atom. The molecule has 0 aliphatic rings. The van der Waals surface area contributed by atoms with Crippen molar-refractivity contribution in [2.75, 3.05) is 13.1 Å². The molecule has 0 unspecified atom stereocenters. The first-order valence-corrected chi connectivity index (χ1v) is 11.7. The monoisotopic (exact) mass is 428 g/mol.